The van der Waals surface area contributed by atoms with Crippen molar-refractivity contribution >= 4 is 17.4 Å². The predicted molar refractivity (Wildman–Crippen MR) is 36.6 cm³/mol. The smallest absolute Gasteiger partial charge is 0.230 e. The van der Waals surface area contributed by atoms with Crippen LogP contribution >= 0.6 is 0 Å². The van der Waals surface area contributed by atoms with Crippen molar-refractivity contribution in [3.05, 3.63) is 0 Å². The molecule has 0 fully saturated rings. The van der Waals surface area contributed by atoms with Crippen LogP contribution in [-0.4, -0.2) is 30.8 Å². The quantitative estimate of drug-likeness (QED) is 0.351. The summed E-state index contributed by atoms with van der Waals surface area (Å²) in [5.74, 6) is 0. The summed E-state index contributed by atoms with van der Waals surface area (Å²) in [4.78, 5) is 9.76. The third-order valence-corrected chi connectivity index (χ3v) is 2.33. The highest BCUT2D eigenvalue weighted by atomic mass is 32.2. The maximum Gasteiger partial charge on any atom is 0.440 e. The largest absolute Gasteiger partial charge is 0.440 e. The van der Waals surface area contributed by atoms with Gasteiger partial charge < -0.3 is 0 Å². The lowest BCUT2D eigenvalue weighted by Gasteiger charge is -2.04. The molecule has 0 aromatic carbocycles. The van der Waals surface area contributed by atoms with E-state index in [9.17, 15) is 9.18 Å². The summed E-state index contributed by atoms with van der Waals surface area (Å²) in [5.41, 5.74) is 0. The third kappa shape index (κ3) is 4.23. The Morgan fingerprint density at radius 2 is 2.11 bits per heavy atom. The van der Waals surface area contributed by atoms with Crippen molar-refractivity contribution < 1.29 is 9.18 Å². The SMILES string of the molecule is CN(C)[S+](C)NC(=O)F. The molecule has 1 unspecified atom stereocenters. The highest BCUT2D eigenvalue weighted by Gasteiger charge is 2.17. The van der Waals surface area contributed by atoms with Crippen LogP contribution in [0.25, 0.3) is 0 Å². The van der Waals surface area contributed by atoms with Crippen LogP contribution in [0.1, 0.15) is 0 Å². The average Bonchev–Trinajstić information content (AvgIpc) is 1.63. The van der Waals surface area contributed by atoms with E-state index in [4.69, 9.17) is 0 Å². The van der Waals surface area contributed by atoms with E-state index in [1.165, 1.54) is 0 Å². The first-order valence-electron chi connectivity index (χ1n) is 2.33. The minimum atomic E-state index is -1.48. The maximum absolute atomic E-state index is 11.5. The minimum Gasteiger partial charge on any atom is -0.230 e. The molecule has 0 aliphatic heterocycles. The van der Waals surface area contributed by atoms with Crippen LogP contribution < -0.4 is 4.72 Å². The number of rotatable bonds is 2. The number of carbonyl (C=O) groups excluding carboxylic acids is 1. The van der Waals surface area contributed by atoms with E-state index in [0.717, 1.165) is 0 Å². The summed E-state index contributed by atoms with van der Waals surface area (Å²) in [6, 6.07) is 0. The summed E-state index contributed by atoms with van der Waals surface area (Å²) in [7, 11) is 3.53. The first-order chi connectivity index (χ1) is 4.04. The predicted octanol–water partition coefficient (Wildman–Crippen LogP) is 0.305. The van der Waals surface area contributed by atoms with Gasteiger partial charge in [0.1, 0.15) is 6.26 Å². The number of nitrogens with zero attached hydrogens (tertiary/aromatic N) is 1. The van der Waals surface area contributed by atoms with E-state index in [2.05, 4.69) is 4.72 Å². The monoisotopic (exact) mass is 153 g/mol. The molecule has 9 heavy (non-hydrogen) atoms. The Hall–Kier alpha value is -0.290. The fraction of sp³-hybridized carbons (Fsp3) is 0.750. The Morgan fingerprint density at radius 1 is 1.67 bits per heavy atom. The fourth-order valence-corrected chi connectivity index (χ4v) is 0.622. The van der Waals surface area contributed by atoms with Gasteiger partial charge in [-0.3, -0.25) is 0 Å². The zero-order chi connectivity index (χ0) is 7.44. The van der Waals surface area contributed by atoms with Gasteiger partial charge in [0.25, 0.3) is 0 Å². The molecule has 0 aliphatic rings. The van der Waals surface area contributed by atoms with E-state index in [0.29, 0.717) is 0 Å². The van der Waals surface area contributed by atoms with Crippen LogP contribution in [0.5, 0.6) is 0 Å². The van der Waals surface area contributed by atoms with Crippen LogP contribution in [-0.2, 0) is 11.3 Å². The molecular formula is C4H10FN2OS+. The summed E-state index contributed by atoms with van der Waals surface area (Å²) in [5, 5.41) is 0. The molecular weight excluding hydrogens is 143 g/mol. The molecule has 0 saturated carbocycles. The topological polar surface area (TPSA) is 32.3 Å². The molecule has 1 N–H and O–H groups in total. The zero-order valence-electron chi connectivity index (χ0n) is 5.64. The summed E-state index contributed by atoms with van der Waals surface area (Å²) in [6.07, 6.45) is 0.242. The maximum atomic E-state index is 11.5. The highest BCUT2D eigenvalue weighted by molar-refractivity contribution is 7.92. The van der Waals surface area contributed by atoms with Gasteiger partial charge in [0, 0.05) is 14.1 Å². The molecule has 1 atom stereocenters. The number of carbonyl (C=O) groups is 1. The van der Waals surface area contributed by atoms with Crippen molar-refractivity contribution in [2.24, 2.45) is 0 Å². The molecule has 0 spiro atoms. The van der Waals surface area contributed by atoms with Crippen LogP contribution in [0.15, 0.2) is 0 Å². The van der Waals surface area contributed by atoms with Crippen LogP contribution in [0.4, 0.5) is 9.18 Å². The lowest BCUT2D eigenvalue weighted by Crippen LogP contribution is -2.36. The number of amides is 1. The highest BCUT2D eigenvalue weighted by Crippen LogP contribution is 1.88. The first-order valence-corrected chi connectivity index (χ1v) is 3.92. The van der Waals surface area contributed by atoms with Gasteiger partial charge in [-0.25, -0.2) is 4.79 Å². The number of hydrogen-bond acceptors (Lipinski definition) is 2. The van der Waals surface area contributed by atoms with E-state index in [-0.39, 0.29) is 0 Å². The average molecular weight is 153 g/mol. The molecule has 0 aromatic heterocycles. The lowest BCUT2D eigenvalue weighted by atomic mass is 11.3. The van der Waals surface area contributed by atoms with Gasteiger partial charge in [-0.1, -0.05) is 0 Å². The Morgan fingerprint density at radius 3 is 2.22 bits per heavy atom. The van der Waals surface area contributed by atoms with Crippen molar-refractivity contribution in [2.75, 3.05) is 20.4 Å². The second-order valence-corrected chi connectivity index (χ2v) is 3.56. The van der Waals surface area contributed by atoms with Crippen molar-refractivity contribution in [2.45, 2.75) is 0 Å². The van der Waals surface area contributed by atoms with Gasteiger partial charge in [-0.15, -0.1) is 13.4 Å². The van der Waals surface area contributed by atoms with Gasteiger partial charge >= 0.3 is 6.16 Å². The Kier molecular flexibility index (Phi) is 3.56. The molecule has 1 amide bonds. The second-order valence-electron chi connectivity index (χ2n) is 1.67. The Balaban J connectivity index is 3.50. The molecule has 0 aromatic rings. The van der Waals surface area contributed by atoms with Gasteiger partial charge in [0.2, 0.25) is 0 Å². The molecule has 0 heterocycles. The fourth-order valence-electron chi connectivity index (χ4n) is 0.207. The van der Waals surface area contributed by atoms with Gasteiger partial charge in [0.15, 0.2) is 11.3 Å². The third-order valence-electron chi connectivity index (χ3n) is 0.776. The van der Waals surface area contributed by atoms with Crippen molar-refractivity contribution in [1.82, 2.24) is 9.03 Å². The van der Waals surface area contributed by atoms with E-state index < -0.39 is 17.4 Å². The lowest BCUT2D eigenvalue weighted by molar-refractivity contribution is 0.227. The Bertz CT molecular complexity index is 109. The van der Waals surface area contributed by atoms with Crippen molar-refractivity contribution in [1.29, 1.82) is 0 Å². The molecule has 3 nitrogen and oxygen atoms in total. The van der Waals surface area contributed by atoms with E-state index in [1.54, 1.807) is 24.7 Å². The number of nitrogens with one attached hydrogen (secondary N) is 1. The molecule has 5 heteroatoms. The molecule has 0 rings (SSSR count). The number of halogens is 1. The van der Waals surface area contributed by atoms with Gasteiger partial charge in [-0.05, 0) is 0 Å². The van der Waals surface area contributed by atoms with Crippen molar-refractivity contribution in [3.8, 4) is 0 Å². The number of hydrogen-bond donors (Lipinski definition) is 1. The first kappa shape index (κ1) is 8.71. The molecule has 54 valence electrons. The van der Waals surface area contributed by atoms with Crippen molar-refractivity contribution in [3.63, 3.8) is 0 Å². The zero-order valence-corrected chi connectivity index (χ0v) is 6.46. The van der Waals surface area contributed by atoms with Gasteiger partial charge in [0.05, 0.1) is 0 Å². The molecule has 0 radical (unpaired) electrons. The summed E-state index contributed by atoms with van der Waals surface area (Å²) >= 11 is -0.493. The molecule has 0 bridgehead atoms. The minimum absolute atomic E-state index is 0.493. The summed E-state index contributed by atoms with van der Waals surface area (Å²) < 4.78 is 15.4. The second kappa shape index (κ2) is 3.68. The van der Waals surface area contributed by atoms with Crippen LogP contribution in [0.2, 0.25) is 0 Å². The molecule has 0 saturated heterocycles. The van der Waals surface area contributed by atoms with Crippen LogP contribution in [0, 0.1) is 0 Å². The Labute approximate surface area is 56.8 Å². The van der Waals surface area contributed by atoms with E-state index >= 15 is 0 Å². The van der Waals surface area contributed by atoms with E-state index in [1.807, 2.05) is 0 Å². The standard InChI is InChI=1S/C4H9FN2OS/c1-7(2)9(3)6-4(5)8/h1-3H3/p+1. The summed E-state index contributed by atoms with van der Waals surface area (Å²) in [6.45, 7) is 0. The van der Waals surface area contributed by atoms with Crippen LogP contribution in [0.3, 0.4) is 0 Å². The van der Waals surface area contributed by atoms with Gasteiger partial charge in [-0.2, -0.15) is 0 Å². The molecule has 0 aliphatic carbocycles. The normalized spacial score (nSPS) is 13.4.